The molecular formula is C27H50O5. The van der Waals surface area contributed by atoms with Crippen molar-refractivity contribution in [3.8, 4) is 0 Å². The summed E-state index contributed by atoms with van der Waals surface area (Å²) in [5.74, 6) is -1.01. The van der Waals surface area contributed by atoms with Gasteiger partial charge in [0.15, 0.2) is 6.29 Å². The van der Waals surface area contributed by atoms with Crippen LogP contribution in [0.3, 0.4) is 0 Å². The van der Waals surface area contributed by atoms with Gasteiger partial charge in [-0.2, -0.15) is 0 Å². The molecule has 0 aromatic heterocycles. The molecule has 0 radical (unpaired) electrons. The van der Waals surface area contributed by atoms with E-state index in [0.717, 1.165) is 70.8 Å². The molecule has 1 fully saturated rings. The predicted octanol–water partition coefficient (Wildman–Crippen LogP) is 8.08. The van der Waals surface area contributed by atoms with Crippen molar-refractivity contribution < 1.29 is 24.5 Å². The third kappa shape index (κ3) is 14.2. The van der Waals surface area contributed by atoms with E-state index in [-0.39, 0.29) is 30.1 Å². The summed E-state index contributed by atoms with van der Waals surface area (Å²) in [5, 5.41) is 20.3. The summed E-state index contributed by atoms with van der Waals surface area (Å²) >= 11 is 0. The summed E-state index contributed by atoms with van der Waals surface area (Å²) in [7, 11) is 0. The molecule has 188 valence electrons. The van der Waals surface area contributed by atoms with Gasteiger partial charge >= 0.3 is 5.97 Å². The number of hydrogen-bond acceptors (Lipinski definition) is 4. The van der Waals surface area contributed by atoms with Crippen LogP contribution in [0.5, 0.6) is 0 Å². The minimum Gasteiger partial charge on any atom is -0.512 e. The lowest BCUT2D eigenvalue weighted by molar-refractivity contribution is -0.190. The standard InChI is InChI=1S/C27H50O5/c1-3-5-7-9-10-11-12-13-14-18-23(32-26-20-16-17-21-31-26)22-25(28)24(27(29)30)19-15-8-6-4-2/h23,26,28H,3-22H2,1-2H3,(H,29,30)/t23?,26-/m1/s1. The number of aliphatic hydroxyl groups excluding tert-OH is 1. The second-order valence-corrected chi connectivity index (χ2v) is 9.42. The van der Waals surface area contributed by atoms with Gasteiger partial charge in [-0.3, -0.25) is 0 Å². The smallest absolute Gasteiger partial charge is 0.334 e. The van der Waals surface area contributed by atoms with E-state index in [4.69, 9.17) is 9.47 Å². The van der Waals surface area contributed by atoms with Crippen molar-refractivity contribution in [3.05, 3.63) is 11.3 Å². The molecule has 0 amide bonds. The van der Waals surface area contributed by atoms with Gasteiger partial charge in [0.1, 0.15) is 5.76 Å². The zero-order chi connectivity index (χ0) is 23.4. The molecule has 1 heterocycles. The van der Waals surface area contributed by atoms with Crippen LogP contribution in [0.25, 0.3) is 0 Å². The number of carboxylic acid groups (broad SMARTS) is 1. The lowest BCUT2D eigenvalue weighted by Gasteiger charge is -2.28. The SMILES string of the molecule is CCCCCCCCCCCC(CC(O)=C(CCCCCC)C(=O)O)O[C@@H]1CCCCO1. The topological polar surface area (TPSA) is 76.0 Å². The molecule has 1 saturated heterocycles. The summed E-state index contributed by atoms with van der Waals surface area (Å²) in [6, 6.07) is 0. The van der Waals surface area contributed by atoms with Gasteiger partial charge in [-0.05, 0) is 38.5 Å². The van der Waals surface area contributed by atoms with Crippen molar-refractivity contribution in [3.63, 3.8) is 0 Å². The minimum atomic E-state index is -1.00. The minimum absolute atomic E-state index is 0.00858. The number of aliphatic hydroxyl groups is 1. The molecular weight excluding hydrogens is 404 g/mol. The maximum atomic E-state index is 11.7. The lowest BCUT2D eigenvalue weighted by atomic mass is 10.00. The van der Waals surface area contributed by atoms with E-state index in [1.165, 1.54) is 44.9 Å². The third-order valence-electron chi connectivity index (χ3n) is 6.42. The number of ether oxygens (including phenoxy) is 2. The van der Waals surface area contributed by atoms with Crippen LogP contribution in [0.1, 0.15) is 136 Å². The molecule has 0 bridgehead atoms. The molecule has 1 unspecified atom stereocenters. The van der Waals surface area contributed by atoms with E-state index in [1.807, 2.05) is 0 Å². The fourth-order valence-electron chi connectivity index (χ4n) is 4.38. The van der Waals surface area contributed by atoms with Crippen molar-refractivity contribution >= 4 is 5.97 Å². The average molecular weight is 455 g/mol. The predicted molar refractivity (Wildman–Crippen MR) is 131 cm³/mol. The average Bonchev–Trinajstić information content (AvgIpc) is 2.78. The van der Waals surface area contributed by atoms with Crippen LogP contribution in [0.4, 0.5) is 0 Å². The second kappa shape index (κ2) is 19.4. The Morgan fingerprint density at radius 2 is 1.47 bits per heavy atom. The maximum absolute atomic E-state index is 11.7. The van der Waals surface area contributed by atoms with Crippen LogP contribution in [-0.2, 0) is 14.3 Å². The highest BCUT2D eigenvalue weighted by molar-refractivity contribution is 5.87. The van der Waals surface area contributed by atoms with E-state index in [2.05, 4.69) is 13.8 Å². The van der Waals surface area contributed by atoms with Gasteiger partial charge in [0.2, 0.25) is 0 Å². The Kier molecular flexibility index (Phi) is 17.6. The second-order valence-electron chi connectivity index (χ2n) is 9.42. The van der Waals surface area contributed by atoms with Gasteiger partial charge < -0.3 is 19.7 Å². The number of aliphatic carboxylic acids is 1. The lowest BCUT2D eigenvalue weighted by Crippen LogP contribution is -2.28. The normalized spacial score (nSPS) is 18.4. The molecule has 2 atom stereocenters. The fraction of sp³-hybridized carbons (Fsp3) is 0.889. The van der Waals surface area contributed by atoms with E-state index in [1.54, 1.807) is 0 Å². The number of carbonyl (C=O) groups is 1. The van der Waals surface area contributed by atoms with Crippen molar-refractivity contribution in [2.24, 2.45) is 0 Å². The molecule has 0 saturated carbocycles. The molecule has 0 aromatic rings. The number of unbranched alkanes of at least 4 members (excludes halogenated alkanes) is 11. The van der Waals surface area contributed by atoms with Crippen LogP contribution in [-0.4, -0.2) is 35.2 Å². The van der Waals surface area contributed by atoms with Crippen LogP contribution in [0, 0.1) is 0 Å². The Balaban J connectivity index is 2.52. The first-order valence-corrected chi connectivity index (χ1v) is 13.5. The van der Waals surface area contributed by atoms with Gasteiger partial charge in [-0.25, -0.2) is 4.79 Å². The van der Waals surface area contributed by atoms with Crippen molar-refractivity contribution in [1.29, 1.82) is 0 Å². The monoisotopic (exact) mass is 454 g/mol. The Bertz CT molecular complexity index is 496. The quantitative estimate of drug-likeness (QED) is 0.110. The first-order valence-electron chi connectivity index (χ1n) is 13.5. The van der Waals surface area contributed by atoms with Crippen molar-refractivity contribution in [2.45, 2.75) is 148 Å². The van der Waals surface area contributed by atoms with Crippen LogP contribution < -0.4 is 0 Å². The molecule has 1 aliphatic heterocycles. The van der Waals surface area contributed by atoms with Gasteiger partial charge in [-0.15, -0.1) is 0 Å². The highest BCUT2D eigenvalue weighted by Gasteiger charge is 2.23. The van der Waals surface area contributed by atoms with Gasteiger partial charge in [0, 0.05) is 13.0 Å². The molecule has 0 aliphatic carbocycles. The van der Waals surface area contributed by atoms with E-state index in [0.29, 0.717) is 6.42 Å². The zero-order valence-electron chi connectivity index (χ0n) is 20.9. The molecule has 0 spiro atoms. The zero-order valence-corrected chi connectivity index (χ0v) is 20.9. The Hall–Kier alpha value is -1.07. The molecule has 32 heavy (non-hydrogen) atoms. The molecule has 1 rings (SSSR count). The summed E-state index contributed by atoms with van der Waals surface area (Å²) in [4.78, 5) is 11.7. The number of rotatable bonds is 20. The molecule has 1 aliphatic rings. The van der Waals surface area contributed by atoms with Crippen LogP contribution in [0.15, 0.2) is 11.3 Å². The Labute approximate surface area is 197 Å². The Morgan fingerprint density at radius 3 is 2.03 bits per heavy atom. The maximum Gasteiger partial charge on any atom is 0.334 e. The number of carboxylic acids is 1. The van der Waals surface area contributed by atoms with Gasteiger partial charge in [0.25, 0.3) is 0 Å². The summed E-state index contributed by atoms with van der Waals surface area (Å²) in [5.41, 5.74) is 0.159. The molecule has 0 aromatic carbocycles. The first kappa shape index (κ1) is 29.0. The van der Waals surface area contributed by atoms with Crippen molar-refractivity contribution in [2.75, 3.05) is 6.61 Å². The van der Waals surface area contributed by atoms with E-state index in [9.17, 15) is 15.0 Å². The summed E-state index contributed by atoms with van der Waals surface area (Å²) in [6.07, 6.45) is 19.5. The van der Waals surface area contributed by atoms with Crippen molar-refractivity contribution in [1.82, 2.24) is 0 Å². The summed E-state index contributed by atoms with van der Waals surface area (Å²) < 4.78 is 11.9. The first-order chi connectivity index (χ1) is 15.6. The van der Waals surface area contributed by atoms with E-state index >= 15 is 0 Å². The highest BCUT2D eigenvalue weighted by atomic mass is 16.7. The van der Waals surface area contributed by atoms with Crippen LogP contribution in [0.2, 0.25) is 0 Å². The third-order valence-corrected chi connectivity index (χ3v) is 6.42. The summed E-state index contributed by atoms with van der Waals surface area (Å²) in [6.45, 7) is 5.10. The van der Waals surface area contributed by atoms with Crippen LogP contribution >= 0.6 is 0 Å². The highest BCUT2D eigenvalue weighted by Crippen LogP contribution is 2.24. The van der Waals surface area contributed by atoms with Gasteiger partial charge in [-0.1, -0.05) is 90.9 Å². The Morgan fingerprint density at radius 1 is 0.875 bits per heavy atom. The van der Waals surface area contributed by atoms with Gasteiger partial charge in [0.05, 0.1) is 11.7 Å². The molecule has 5 heteroatoms. The largest absolute Gasteiger partial charge is 0.512 e. The number of hydrogen-bond donors (Lipinski definition) is 2. The molecule has 2 N–H and O–H groups in total. The molecule has 5 nitrogen and oxygen atoms in total. The van der Waals surface area contributed by atoms with E-state index < -0.39 is 5.97 Å². The fourth-order valence-corrected chi connectivity index (χ4v) is 4.38.